The molecular formula is C23H23N7O2. The standard InChI is InChI=1S/C23H23N7O2/c1-2-18-15-21(25-22(24-18)16-6-8-19(9-7-16)30(31)32)28-13-10-17(11-14-28)23-27-26-20-5-3-4-12-29(20)23/h3-9,12,15,17H,2,10-11,13-14H2,1H3. The molecule has 32 heavy (non-hydrogen) atoms. The van der Waals surface area contributed by atoms with Gasteiger partial charge in [0.1, 0.15) is 11.6 Å². The highest BCUT2D eigenvalue weighted by Crippen LogP contribution is 2.30. The van der Waals surface area contributed by atoms with E-state index in [2.05, 4.69) is 31.4 Å². The second-order valence-corrected chi connectivity index (χ2v) is 7.95. The van der Waals surface area contributed by atoms with Gasteiger partial charge in [0.2, 0.25) is 0 Å². The highest BCUT2D eigenvalue weighted by Gasteiger charge is 2.25. The van der Waals surface area contributed by atoms with Gasteiger partial charge >= 0.3 is 0 Å². The van der Waals surface area contributed by atoms with Crippen molar-refractivity contribution in [1.29, 1.82) is 0 Å². The number of pyridine rings is 1. The summed E-state index contributed by atoms with van der Waals surface area (Å²) in [5, 5.41) is 19.7. The van der Waals surface area contributed by atoms with Crippen molar-refractivity contribution in [2.24, 2.45) is 0 Å². The zero-order valence-electron chi connectivity index (χ0n) is 17.8. The van der Waals surface area contributed by atoms with Crippen LogP contribution in [0, 0.1) is 10.1 Å². The van der Waals surface area contributed by atoms with Crippen molar-refractivity contribution in [3.63, 3.8) is 0 Å². The van der Waals surface area contributed by atoms with Gasteiger partial charge in [0.25, 0.3) is 5.69 Å². The van der Waals surface area contributed by atoms with Gasteiger partial charge in [-0.1, -0.05) is 13.0 Å². The van der Waals surface area contributed by atoms with E-state index in [1.54, 1.807) is 12.1 Å². The van der Waals surface area contributed by atoms with Crippen molar-refractivity contribution >= 4 is 17.2 Å². The number of fused-ring (bicyclic) bond motifs is 1. The summed E-state index contributed by atoms with van der Waals surface area (Å²) in [6, 6.07) is 14.4. The molecule has 9 heteroatoms. The third kappa shape index (κ3) is 3.77. The van der Waals surface area contributed by atoms with Crippen LogP contribution in [0.3, 0.4) is 0 Å². The smallest absolute Gasteiger partial charge is 0.269 e. The summed E-state index contributed by atoms with van der Waals surface area (Å²) >= 11 is 0. The molecule has 0 radical (unpaired) electrons. The molecule has 1 saturated heterocycles. The molecule has 0 aliphatic carbocycles. The molecule has 1 aliphatic heterocycles. The Balaban J connectivity index is 1.37. The number of anilines is 1. The summed E-state index contributed by atoms with van der Waals surface area (Å²) < 4.78 is 2.08. The van der Waals surface area contributed by atoms with Gasteiger partial charge in [-0.05, 0) is 43.5 Å². The average Bonchev–Trinajstić information content (AvgIpc) is 3.28. The van der Waals surface area contributed by atoms with Crippen molar-refractivity contribution in [2.45, 2.75) is 32.1 Å². The van der Waals surface area contributed by atoms with Gasteiger partial charge in [-0.15, -0.1) is 10.2 Å². The van der Waals surface area contributed by atoms with Gasteiger partial charge in [0, 0.05) is 54.7 Å². The Bertz CT molecular complexity index is 1260. The van der Waals surface area contributed by atoms with E-state index in [1.807, 2.05) is 30.5 Å². The fourth-order valence-electron chi connectivity index (χ4n) is 4.19. The predicted octanol–water partition coefficient (Wildman–Crippen LogP) is 4.04. The van der Waals surface area contributed by atoms with Crippen molar-refractivity contribution in [2.75, 3.05) is 18.0 Å². The molecule has 1 aliphatic rings. The SMILES string of the molecule is CCc1cc(N2CCC(c3nnc4ccccn34)CC2)nc(-c2ccc([N+](=O)[O-])cc2)n1. The summed E-state index contributed by atoms with van der Waals surface area (Å²) in [4.78, 5) is 22.3. The molecular weight excluding hydrogens is 406 g/mol. The molecule has 0 unspecified atom stereocenters. The largest absolute Gasteiger partial charge is 0.356 e. The molecule has 1 aromatic carbocycles. The lowest BCUT2D eigenvalue weighted by molar-refractivity contribution is -0.384. The van der Waals surface area contributed by atoms with Gasteiger partial charge in [-0.25, -0.2) is 9.97 Å². The van der Waals surface area contributed by atoms with E-state index < -0.39 is 4.92 Å². The Morgan fingerprint density at radius 3 is 2.56 bits per heavy atom. The molecule has 3 aromatic heterocycles. The van der Waals surface area contributed by atoms with E-state index >= 15 is 0 Å². The van der Waals surface area contributed by atoms with E-state index in [1.165, 1.54) is 12.1 Å². The number of aryl methyl sites for hydroxylation is 1. The lowest BCUT2D eigenvalue weighted by atomic mass is 9.96. The second-order valence-electron chi connectivity index (χ2n) is 7.95. The minimum atomic E-state index is -0.401. The highest BCUT2D eigenvalue weighted by atomic mass is 16.6. The van der Waals surface area contributed by atoms with Crippen LogP contribution >= 0.6 is 0 Å². The number of non-ortho nitro benzene ring substituents is 1. The molecule has 5 rings (SSSR count). The van der Waals surface area contributed by atoms with Gasteiger partial charge in [-0.3, -0.25) is 14.5 Å². The predicted molar refractivity (Wildman–Crippen MR) is 121 cm³/mol. The quantitative estimate of drug-likeness (QED) is 0.348. The third-order valence-electron chi connectivity index (χ3n) is 5.99. The first kappa shape index (κ1) is 20.0. The summed E-state index contributed by atoms with van der Waals surface area (Å²) in [6.45, 7) is 3.80. The van der Waals surface area contributed by atoms with Crippen LogP contribution in [-0.2, 0) is 6.42 Å². The van der Waals surface area contributed by atoms with Crippen LogP contribution in [0.4, 0.5) is 11.5 Å². The number of piperidine rings is 1. The van der Waals surface area contributed by atoms with E-state index in [-0.39, 0.29) is 5.69 Å². The number of hydrogen-bond donors (Lipinski definition) is 0. The van der Waals surface area contributed by atoms with Gasteiger partial charge < -0.3 is 4.90 Å². The summed E-state index contributed by atoms with van der Waals surface area (Å²) in [5.41, 5.74) is 2.66. The molecule has 162 valence electrons. The molecule has 0 saturated carbocycles. The molecule has 9 nitrogen and oxygen atoms in total. The first-order chi connectivity index (χ1) is 15.6. The molecule has 0 bridgehead atoms. The Morgan fingerprint density at radius 2 is 1.84 bits per heavy atom. The Hall–Kier alpha value is -3.88. The first-order valence-electron chi connectivity index (χ1n) is 10.8. The van der Waals surface area contributed by atoms with Gasteiger partial charge in [-0.2, -0.15) is 0 Å². The highest BCUT2D eigenvalue weighted by molar-refractivity contribution is 5.60. The third-order valence-corrected chi connectivity index (χ3v) is 5.99. The number of nitro groups is 1. The van der Waals surface area contributed by atoms with Gasteiger partial charge in [0.05, 0.1) is 4.92 Å². The molecule has 0 N–H and O–H groups in total. The average molecular weight is 429 g/mol. The second kappa shape index (κ2) is 8.33. The molecule has 4 heterocycles. The van der Waals surface area contributed by atoms with Crippen LogP contribution in [0.2, 0.25) is 0 Å². The molecule has 0 atom stereocenters. The Morgan fingerprint density at radius 1 is 1.06 bits per heavy atom. The van der Waals surface area contributed by atoms with Crippen LogP contribution in [-0.4, -0.2) is 42.6 Å². The van der Waals surface area contributed by atoms with Crippen LogP contribution in [0.25, 0.3) is 17.0 Å². The Kier molecular flexibility index (Phi) is 5.22. The minimum Gasteiger partial charge on any atom is -0.356 e. The molecule has 0 amide bonds. The number of hydrogen-bond acceptors (Lipinski definition) is 7. The number of nitro benzene ring substituents is 1. The normalized spacial score (nSPS) is 14.7. The zero-order chi connectivity index (χ0) is 22.1. The van der Waals surface area contributed by atoms with E-state index in [0.29, 0.717) is 11.7 Å². The Labute approximate surface area is 184 Å². The number of rotatable bonds is 5. The van der Waals surface area contributed by atoms with Crippen LogP contribution in [0.5, 0.6) is 0 Å². The molecule has 4 aromatic rings. The van der Waals surface area contributed by atoms with Crippen LogP contribution < -0.4 is 4.90 Å². The maximum absolute atomic E-state index is 11.0. The van der Waals surface area contributed by atoms with Crippen molar-refractivity contribution in [1.82, 2.24) is 24.6 Å². The van der Waals surface area contributed by atoms with Crippen molar-refractivity contribution in [3.8, 4) is 11.4 Å². The fourth-order valence-corrected chi connectivity index (χ4v) is 4.19. The maximum Gasteiger partial charge on any atom is 0.269 e. The summed E-state index contributed by atoms with van der Waals surface area (Å²) in [5.74, 6) is 2.86. The minimum absolute atomic E-state index is 0.0590. The van der Waals surface area contributed by atoms with E-state index in [4.69, 9.17) is 4.98 Å². The van der Waals surface area contributed by atoms with Crippen LogP contribution in [0.1, 0.15) is 37.2 Å². The summed E-state index contributed by atoms with van der Waals surface area (Å²) in [6.07, 6.45) is 4.74. The van der Waals surface area contributed by atoms with Crippen LogP contribution in [0.15, 0.2) is 54.7 Å². The fraction of sp³-hybridized carbons (Fsp3) is 0.304. The van der Waals surface area contributed by atoms with E-state index in [0.717, 1.165) is 60.9 Å². The van der Waals surface area contributed by atoms with E-state index in [9.17, 15) is 10.1 Å². The number of benzene rings is 1. The first-order valence-corrected chi connectivity index (χ1v) is 10.8. The lowest BCUT2D eigenvalue weighted by Crippen LogP contribution is -2.34. The van der Waals surface area contributed by atoms with Crippen molar-refractivity contribution in [3.05, 3.63) is 76.4 Å². The number of nitrogens with zero attached hydrogens (tertiary/aromatic N) is 7. The number of aromatic nitrogens is 5. The molecule has 0 spiro atoms. The lowest BCUT2D eigenvalue weighted by Gasteiger charge is -2.32. The van der Waals surface area contributed by atoms with Gasteiger partial charge in [0.15, 0.2) is 11.5 Å². The summed E-state index contributed by atoms with van der Waals surface area (Å²) in [7, 11) is 0. The monoisotopic (exact) mass is 429 g/mol. The molecule has 1 fully saturated rings. The van der Waals surface area contributed by atoms with Crippen molar-refractivity contribution < 1.29 is 4.92 Å². The topological polar surface area (TPSA) is 102 Å². The maximum atomic E-state index is 11.0. The zero-order valence-corrected chi connectivity index (χ0v) is 17.8.